The Morgan fingerprint density at radius 2 is 2.12 bits per heavy atom. The molecular formula is C12H18O4. The van der Waals surface area contributed by atoms with Crippen molar-refractivity contribution in [3.8, 4) is 0 Å². The van der Waals surface area contributed by atoms with Crippen LogP contribution in [0.25, 0.3) is 0 Å². The van der Waals surface area contributed by atoms with Crippen molar-refractivity contribution in [1.29, 1.82) is 0 Å². The molecule has 4 heteroatoms. The minimum atomic E-state index is -0.269. The van der Waals surface area contributed by atoms with E-state index in [0.717, 1.165) is 13.0 Å². The van der Waals surface area contributed by atoms with Crippen LogP contribution in [0, 0.1) is 0 Å². The van der Waals surface area contributed by atoms with Gasteiger partial charge in [-0.25, -0.2) is 0 Å². The lowest BCUT2D eigenvalue weighted by molar-refractivity contribution is -0.145. The van der Waals surface area contributed by atoms with Crippen molar-refractivity contribution in [2.24, 2.45) is 0 Å². The number of epoxide rings is 1. The molecule has 4 nitrogen and oxygen atoms in total. The van der Waals surface area contributed by atoms with Crippen LogP contribution in [-0.2, 0) is 19.0 Å². The lowest BCUT2D eigenvalue weighted by Gasteiger charge is -2.14. The van der Waals surface area contributed by atoms with Crippen molar-refractivity contribution in [1.82, 2.24) is 0 Å². The van der Waals surface area contributed by atoms with E-state index in [1.165, 1.54) is 0 Å². The van der Waals surface area contributed by atoms with Gasteiger partial charge < -0.3 is 14.2 Å². The van der Waals surface area contributed by atoms with Crippen molar-refractivity contribution in [3.63, 3.8) is 0 Å². The summed E-state index contributed by atoms with van der Waals surface area (Å²) < 4.78 is 15.5. The van der Waals surface area contributed by atoms with Crippen molar-refractivity contribution in [2.45, 2.75) is 25.0 Å². The molecule has 0 radical (unpaired) electrons. The van der Waals surface area contributed by atoms with Crippen LogP contribution in [0.1, 0.15) is 12.8 Å². The van der Waals surface area contributed by atoms with Gasteiger partial charge in [-0.05, 0) is 0 Å². The molecule has 1 fully saturated rings. The van der Waals surface area contributed by atoms with Crippen LogP contribution in [-0.4, -0.2) is 38.0 Å². The van der Waals surface area contributed by atoms with Gasteiger partial charge in [0.15, 0.2) is 0 Å². The van der Waals surface area contributed by atoms with Gasteiger partial charge in [0.25, 0.3) is 0 Å². The van der Waals surface area contributed by atoms with Crippen LogP contribution in [0.15, 0.2) is 25.3 Å². The SMILES string of the molecule is C=CCOC(=O)C[C@@H](C[C@H]1CO1)OCC=C. The van der Waals surface area contributed by atoms with E-state index in [9.17, 15) is 4.79 Å². The van der Waals surface area contributed by atoms with Gasteiger partial charge in [-0.1, -0.05) is 18.7 Å². The molecule has 0 aromatic rings. The molecule has 0 aliphatic carbocycles. The first-order chi connectivity index (χ1) is 7.76. The molecule has 0 N–H and O–H groups in total. The van der Waals surface area contributed by atoms with Crippen LogP contribution in [0.3, 0.4) is 0 Å². The van der Waals surface area contributed by atoms with E-state index in [4.69, 9.17) is 14.2 Å². The van der Waals surface area contributed by atoms with E-state index in [2.05, 4.69) is 13.2 Å². The fraction of sp³-hybridized carbons (Fsp3) is 0.583. The Kier molecular flexibility index (Phi) is 5.82. The molecule has 0 saturated carbocycles. The molecule has 1 saturated heterocycles. The van der Waals surface area contributed by atoms with Gasteiger partial charge >= 0.3 is 5.97 Å². The molecule has 1 aliphatic heterocycles. The Hall–Kier alpha value is -1.13. The van der Waals surface area contributed by atoms with Crippen molar-refractivity contribution in [2.75, 3.05) is 19.8 Å². The predicted octanol–water partition coefficient (Wildman–Crippen LogP) is 1.47. The van der Waals surface area contributed by atoms with Gasteiger partial charge in [-0.15, -0.1) is 6.58 Å². The second-order valence-corrected chi connectivity index (χ2v) is 3.61. The topological polar surface area (TPSA) is 48.1 Å². The number of hydrogen-bond acceptors (Lipinski definition) is 4. The Morgan fingerprint density at radius 3 is 2.69 bits per heavy atom. The molecule has 0 bridgehead atoms. The highest BCUT2D eigenvalue weighted by Gasteiger charge is 2.28. The largest absolute Gasteiger partial charge is 0.461 e. The predicted molar refractivity (Wildman–Crippen MR) is 60.1 cm³/mol. The average Bonchev–Trinajstić information content (AvgIpc) is 3.07. The number of rotatable bonds is 9. The molecule has 1 heterocycles. The van der Waals surface area contributed by atoms with Crippen LogP contribution in [0.2, 0.25) is 0 Å². The zero-order chi connectivity index (χ0) is 11.8. The van der Waals surface area contributed by atoms with E-state index in [-0.39, 0.29) is 31.2 Å². The molecule has 90 valence electrons. The zero-order valence-electron chi connectivity index (χ0n) is 9.39. The summed E-state index contributed by atoms with van der Waals surface area (Å²) in [4.78, 5) is 11.4. The Bertz CT molecular complexity index is 245. The number of carbonyl (C=O) groups excluding carboxylic acids is 1. The summed E-state index contributed by atoms with van der Waals surface area (Å²) in [6.07, 6.45) is 4.28. The first-order valence-corrected chi connectivity index (χ1v) is 5.37. The second-order valence-electron chi connectivity index (χ2n) is 3.61. The third kappa shape index (κ3) is 5.68. The minimum absolute atomic E-state index is 0.150. The molecule has 2 atom stereocenters. The molecule has 0 spiro atoms. The van der Waals surface area contributed by atoms with E-state index in [1.807, 2.05) is 0 Å². The summed E-state index contributed by atoms with van der Waals surface area (Å²) in [6.45, 7) is 8.49. The number of hydrogen-bond donors (Lipinski definition) is 0. The Morgan fingerprint density at radius 1 is 1.44 bits per heavy atom. The van der Waals surface area contributed by atoms with Crippen molar-refractivity contribution < 1.29 is 19.0 Å². The van der Waals surface area contributed by atoms with Crippen LogP contribution in [0.4, 0.5) is 0 Å². The van der Waals surface area contributed by atoms with E-state index < -0.39 is 0 Å². The summed E-state index contributed by atoms with van der Waals surface area (Å²) in [5.41, 5.74) is 0. The molecule has 1 aliphatic rings. The maximum Gasteiger partial charge on any atom is 0.308 e. The highest BCUT2D eigenvalue weighted by atomic mass is 16.6. The maximum absolute atomic E-state index is 11.4. The molecule has 16 heavy (non-hydrogen) atoms. The number of carbonyl (C=O) groups is 1. The van der Waals surface area contributed by atoms with Crippen molar-refractivity contribution >= 4 is 5.97 Å². The van der Waals surface area contributed by atoms with Gasteiger partial charge in [-0.3, -0.25) is 4.79 Å². The fourth-order valence-corrected chi connectivity index (χ4v) is 1.31. The van der Waals surface area contributed by atoms with Gasteiger partial charge in [0.05, 0.1) is 31.8 Å². The summed E-state index contributed by atoms with van der Waals surface area (Å²) in [7, 11) is 0. The summed E-state index contributed by atoms with van der Waals surface area (Å²) >= 11 is 0. The summed E-state index contributed by atoms with van der Waals surface area (Å²) in [5, 5.41) is 0. The van der Waals surface area contributed by atoms with E-state index >= 15 is 0 Å². The van der Waals surface area contributed by atoms with Gasteiger partial charge in [0.1, 0.15) is 6.61 Å². The van der Waals surface area contributed by atoms with Crippen LogP contribution in [0.5, 0.6) is 0 Å². The normalized spacial score (nSPS) is 19.9. The smallest absolute Gasteiger partial charge is 0.308 e. The standard InChI is InChI=1S/C12H18O4/c1-3-5-14-10(7-11-9-16-11)8-12(13)15-6-4-2/h3-4,10-11H,1-2,5-9H2/t10-,11+/m1/s1. The van der Waals surface area contributed by atoms with Gasteiger partial charge in [0.2, 0.25) is 0 Å². The lowest BCUT2D eigenvalue weighted by Crippen LogP contribution is -2.21. The first kappa shape index (κ1) is 12.9. The number of esters is 1. The minimum Gasteiger partial charge on any atom is -0.461 e. The van der Waals surface area contributed by atoms with Crippen LogP contribution < -0.4 is 0 Å². The summed E-state index contributed by atoms with van der Waals surface area (Å²) in [5.74, 6) is -0.269. The highest BCUT2D eigenvalue weighted by molar-refractivity contribution is 5.70. The van der Waals surface area contributed by atoms with Gasteiger partial charge in [0, 0.05) is 6.42 Å². The van der Waals surface area contributed by atoms with E-state index in [1.54, 1.807) is 12.2 Å². The molecule has 0 aromatic carbocycles. The zero-order valence-corrected chi connectivity index (χ0v) is 9.39. The molecule has 0 amide bonds. The molecular weight excluding hydrogens is 208 g/mol. The molecule has 0 unspecified atom stereocenters. The fourth-order valence-electron chi connectivity index (χ4n) is 1.31. The number of ether oxygens (including phenoxy) is 3. The quantitative estimate of drug-likeness (QED) is 0.339. The average molecular weight is 226 g/mol. The lowest BCUT2D eigenvalue weighted by atomic mass is 10.1. The Balaban J connectivity index is 2.25. The van der Waals surface area contributed by atoms with Crippen molar-refractivity contribution in [3.05, 3.63) is 25.3 Å². The van der Waals surface area contributed by atoms with Gasteiger partial charge in [-0.2, -0.15) is 0 Å². The monoisotopic (exact) mass is 226 g/mol. The molecule has 0 aromatic heterocycles. The first-order valence-electron chi connectivity index (χ1n) is 5.37. The third-order valence-electron chi connectivity index (χ3n) is 2.13. The van der Waals surface area contributed by atoms with Crippen LogP contribution >= 0.6 is 0 Å². The second kappa shape index (κ2) is 7.19. The molecule has 1 rings (SSSR count). The third-order valence-corrected chi connectivity index (χ3v) is 2.13. The Labute approximate surface area is 95.9 Å². The van der Waals surface area contributed by atoms with E-state index in [0.29, 0.717) is 6.61 Å². The summed E-state index contributed by atoms with van der Waals surface area (Å²) in [6, 6.07) is 0. The highest BCUT2D eigenvalue weighted by Crippen LogP contribution is 2.19. The maximum atomic E-state index is 11.4.